The highest BCUT2D eigenvalue weighted by molar-refractivity contribution is 7.80. The van der Waals surface area contributed by atoms with E-state index in [1.54, 1.807) is 0 Å². The Hall–Kier alpha value is -1.27. The maximum atomic E-state index is 13.3. The molecule has 0 bridgehead atoms. The SMILES string of the molecule is CC(C(=O)Nc1c(F)cc(F)cc1Cl)C(N)=S. The summed E-state index contributed by atoms with van der Waals surface area (Å²) in [5, 5.41) is 1.98. The number of carbonyl (C=O) groups excluding carboxylic acids is 1. The lowest BCUT2D eigenvalue weighted by Gasteiger charge is -2.12. The molecule has 0 radical (unpaired) electrons. The van der Waals surface area contributed by atoms with E-state index in [9.17, 15) is 13.6 Å². The Kier molecular flexibility index (Phi) is 4.36. The van der Waals surface area contributed by atoms with E-state index >= 15 is 0 Å². The molecule has 92 valence electrons. The summed E-state index contributed by atoms with van der Waals surface area (Å²) in [5.41, 5.74) is 4.98. The monoisotopic (exact) mass is 278 g/mol. The maximum Gasteiger partial charge on any atom is 0.234 e. The number of hydrogen-bond acceptors (Lipinski definition) is 2. The average molecular weight is 279 g/mol. The van der Waals surface area contributed by atoms with E-state index in [2.05, 4.69) is 17.5 Å². The van der Waals surface area contributed by atoms with Gasteiger partial charge in [-0.25, -0.2) is 8.78 Å². The number of amides is 1. The third-order valence-electron chi connectivity index (χ3n) is 2.08. The first-order valence-corrected chi connectivity index (χ1v) is 5.36. The number of benzene rings is 1. The third-order valence-corrected chi connectivity index (χ3v) is 2.73. The number of carbonyl (C=O) groups is 1. The van der Waals surface area contributed by atoms with Crippen LogP contribution < -0.4 is 11.1 Å². The number of anilines is 1. The topological polar surface area (TPSA) is 55.1 Å². The van der Waals surface area contributed by atoms with Gasteiger partial charge in [0.25, 0.3) is 0 Å². The van der Waals surface area contributed by atoms with E-state index in [1.807, 2.05) is 0 Å². The molecule has 17 heavy (non-hydrogen) atoms. The average Bonchev–Trinajstić information content (AvgIpc) is 2.21. The summed E-state index contributed by atoms with van der Waals surface area (Å²) in [6.07, 6.45) is 0. The van der Waals surface area contributed by atoms with Gasteiger partial charge in [0.2, 0.25) is 5.91 Å². The van der Waals surface area contributed by atoms with Crippen LogP contribution in [0.1, 0.15) is 6.92 Å². The predicted molar refractivity (Wildman–Crippen MR) is 65.9 cm³/mol. The van der Waals surface area contributed by atoms with Gasteiger partial charge in [0.15, 0.2) is 5.82 Å². The van der Waals surface area contributed by atoms with Crippen LogP contribution in [0, 0.1) is 17.6 Å². The molecule has 0 saturated carbocycles. The molecule has 3 nitrogen and oxygen atoms in total. The van der Waals surface area contributed by atoms with Gasteiger partial charge in [-0.2, -0.15) is 0 Å². The Morgan fingerprint density at radius 1 is 1.53 bits per heavy atom. The fraction of sp³-hybridized carbons (Fsp3) is 0.200. The zero-order valence-electron chi connectivity index (χ0n) is 8.76. The molecule has 1 rings (SSSR count). The Morgan fingerprint density at radius 2 is 2.12 bits per heavy atom. The minimum Gasteiger partial charge on any atom is -0.393 e. The van der Waals surface area contributed by atoms with Crippen LogP contribution in [0.5, 0.6) is 0 Å². The Balaban J connectivity index is 2.96. The quantitative estimate of drug-likeness (QED) is 0.835. The summed E-state index contributed by atoms with van der Waals surface area (Å²) in [6, 6.07) is 1.51. The summed E-state index contributed by atoms with van der Waals surface area (Å²) in [5.74, 6) is -3.16. The second kappa shape index (κ2) is 5.37. The first kappa shape index (κ1) is 13.8. The Bertz CT molecular complexity index is 458. The standard InChI is InChI=1S/C10H9ClF2N2OS/c1-4(9(14)17)10(16)15-8-6(11)2-5(12)3-7(8)13/h2-4H,1H3,(H2,14,17)(H,15,16). The zero-order chi connectivity index (χ0) is 13.2. The van der Waals surface area contributed by atoms with Crippen LogP contribution in [0.2, 0.25) is 5.02 Å². The molecular weight excluding hydrogens is 270 g/mol. The molecule has 0 aliphatic carbocycles. The number of hydrogen-bond donors (Lipinski definition) is 2. The van der Waals surface area contributed by atoms with Crippen molar-refractivity contribution in [3.8, 4) is 0 Å². The van der Waals surface area contributed by atoms with Crippen LogP contribution in [0.25, 0.3) is 0 Å². The van der Waals surface area contributed by atoms with E-state index < -0.39 is 23.5 Å². The number of nitrogens with one attached hydrogen (secondary N) is 1. The first-order valence-electron chi connectivity index (χ1n) is 4.57. The highest BCUT2D eigenvalue weighted by Crippen LogP contribution is 2.26. The predicted octanol–water partition coefficient (Wildman–Crippen LogP) is 2.48. The van der Waals surface area contributed by atoms with E-state index in [4.69, 9.17) is 17.3 Å². The van der Waals surface area contributed by atoms with Crippen LogP contribution in [0.4, 0.5) is 14.5 Å². The van der Waals surface area contributed by atoms with Crippen molar-refractivity contribution < 1.29 is 13.6 Å². The van der Waals surface area contributed by atoms with Crippen LogP contribution in [0.3, 0.4) is 0 Å². The van der Waals surface area contributed by atoms with Gasteiger partial charge in [-0.15, -0.1) is 0 Å². The van der Waals surface area contributed by atoms with Crippen LogP contribution >= 0.6 is 23.8 Å². The lowest BCUT2D eigenvalue weighted by Crippen LogP contribution is -2.31. The smallest absolute Gasteiger partial charge is 0.234 e. The highest BCUT2D eigenvalue weighted by atomic mass is 35.5. The zero-order valence-corrected chi connectivity index (χ0v) is 10.3. The number of rotatable bonds is 3. The van der Waals surface area contributed by atoms with Gasteiger partial charge in [-0.1, -0.05) is 23.8 Å². The molecule has 0 heterocycles. The fourth-order valence-corrected chi connectivity index (χ4v) is 1.37. The summed E-state index contributed by atoms with van der Waals surface area (Å²) in [4.78, 5) is 11.5. The van der Waals surface area contributed by atoms with Crippen molar-refractivity contribution in [2.75, 3.05) is 5.32 Å². The second-order valence-corrected chi connectivity index (χ2v) is 4.24. The minimum atomic E-state index is -0.960. The maximum absolute atomic E-state index is 13.3. The second-order valence-electron chi connectivity index (χ2n) is 3.36. The molecule has 1 unspecified atom stereocenters. The molecule has 0 aromatic heterocycles. The molecule has 3 N–H and O–H groups in total. The van der Waals surface area contributed by atoms with E-state index in [0.717, 1.165) is 6.07 Å². The van der Waals surface area contributed by atoms with E-state index in [1.165, 1.54) is 6.92 Å². The molecule has 1 amide bonds. The number of nitrogens with two attached hydrogens (primary N) is 1. The van der Waals surface area contributed by atoms with E-state index in [-0.39, 0.29) is 15.7 Å². The molecule has 0 spiro atoms. The lowest BCUT2D eigenvalue weighted by molar-refractivity contribution is -0.117. The van der Waals surface area contributed by atoms with Gasteiger partial charge in [0.05, 0.1) is 21.6 Å². The minimum absolute atomic E-state index is 0.0267. The normalized spacial score (nSPS) is 12.0. The van der Waals surface area contributed by atoms with Gasteiger partial charge in [0.1, 0.15) is 5.82 Å². The Morgan fingerprint density at radius 3 is 2.59 bits per heavy atom. The molecule has 1 aromatic rings. The molecule has 0 aliphatic rings. The van der Waals surface area contributed by atoms with Crippen molar-refractivity contribution in [2.45, 2.75) is 6.92 Å². The summed E-state index contributed by atoms with van der Waals surface area (Å²) in [6.45, 7) is 1.47. The van der Waals surface area contributed by atoms with Crippen molar-refractivity contribution in [2.24, 2.45) is 11.7 Å². The van der Waals surface area contributed by atoms with Crippen molar-refractivity contribution in [3.05, 3.63) is 28.8 Å². The largest absolute Gasteiger partial charge is 0.393 e. The molecule has 0 saturated heterocycles. The molecule has 1 aromatic carbocycles. The van der Waals surface area contributed by atoms with Crippen LogP contribution in [-0.4, -0.2) is 10.9 Å². The van der Waals surface area contributed by atoms with Crippen molar-refractivity contribution in [1.29, 1.82) is 0 Å². The van der Waals surface area contributed by atoms with Crippen molar-refractivity contribution >= 4 is 40.4 Å². The lowest BCUT2D eigenvalue weighted by atomic mass is 10.1. The van der Waals surface area contributed by atoms with Crippen LogP contribution in [-0.2, 0) is 4.79 Å². The number of halogens is 3. The first-order chi connectivity index (χ1) is 7.82. The van der Waals surface area contributed by atoms with Gasteiger partial charge in [0, 0.05) is 6.07 Å². The van der Waals surface area contributed by atoms with Crippen molar-refractivity contribution in [1.82, 2.24) is 0 Å². The van der Waals surface area contributed by atoms with Gasteiger partial charge >= 0.3 is 0 Å². The third kappa shape index (κ3) is 3.34. The molecule has 0 aliphatic heterocycles. The van der Waals surface area contributed by atoms with Gasteiger partial charge in [-0.3, -0.25) is 4.79 Å². The molecule has 0 fully saturated rings. The fourth-order valence-electron chi connectivity index (χ4n) is 1.02. The van der Waals surface area contributed by atoms with E-state index in [0.29, 0.717) is 6.07 Å². The summed E-state index contributed by atoms with van der Waals surface area (Å²) >= 11 is 10.2. The molecular formula is C10H9ClF2N2OS. The highest BCUT2D eigenvalue weighted by Gasteiger charge is 2.19. The molecule has 1 atom stereocenters. The summed E-state index contributed by atoms with van der Waals surface area (Å²) in [7, 11) is 0. The number of thiocarbonyl (C=S) groups is 1. The van der Waals surface area contributed by atoms with Crippen LogP contribution in [0.15, 0.2) is 12.1 Å². The van der Waals surface area contributed by atoms with Gasteiger partial charge in [-0.05, 0) is 13.0 Å². The summed E-state index contributed by atoms with van der Waals surface area (Å²) < 4.78 is 26.1. The van der Waals surface area contributed by atoms with Crippen molar-refractivity contribution in [3.63, 3.8) is 0 Å². The van der Waals surface area contributed by atoms with Gasteiger partial charge < -0.3 is 11.1 Å². The Labute approximate surface area is 107 Å². The molecule has 7 heteroatoms.